The van der Waals surface area contributed by atoms with E-state index in [1.54, 1.807) is 0 Å². The minimum Gasteiger partial charge on any atom is -0.394 e. The Balaban J connectivity index is 2.31. The van der Waals surface area contributed by atoms with Crippen LogP contribution in [0.1, 0.15) is 32.6 Å². The summed E-state index contributed by atoms with van der Waals surface area (Å²) in [7, 11) is -4.09. The molecular weight excluding hydrogens is 300 g/mol. The Morgan fingerprint density at radius 3 is 2.48 bits per heavy atom. The fraction of sp³-hybridized carbons (Fsp3) is 0.571. The van der Waals surface area contributed by atoms with E-state index in [4.69, 9.17) is 0 Å². The average molecular weight is 319 g/mol. The second kappa shape index (κ2) is 5.98. The Kier molecular flexibility index (Phi) is 4.65. The third kappa shape index (κ3) is 3.78. The Morgan fingerprint density at radius 2 is 1.95 bits per heavy atom. The normalized spacial score (nSPS) is 26.8. The number of aliphatic hydroxyl groups is 1. The third-order valence-electron chi connectivity index (χ3n) is 3.89. The zero-order valence-electron chi connectivity index (χ0n) is 11.8. The van der Waals surface area contributed by atoms with E-state index in [9.17, 15) is 22.3 Å². The van der Waals surface area contributed by atoms with Crippen LogP contribution >= 0.6 is 0 Å². The summed E-state index contributed by atoms with van der Waals surface area (Å²) in [6.45, 7) is 1.65. The molecule has 4 nitrogen and oxygen atoms in total. The van der Waals surface area contributed by atoms with Crippen molar-refractivity contribution in [2.75, 3.05) is 6.61 Å². The van der Waals surface area contributed by atoms with Crippen molar-refractivity contribution in [2.24, 2.45) is 5.92 Å². The van der Waals surface area contributed by atoms with Crippen LogP contribution in [0.4, 0.5) is 8.78 Å². The van der Waals surface area contributed by atoms with Crippen molar-refractivity contribution in [3.05, 3.63) is 29.8 Å². The molecule has 118 valence electrons. The highest BCUT2D eigenvalue weighted by molar-refractivity contribution is 7.89. The second-order valence-corrected chi connectivity index (χ2v) is 7.53. The minimum absolute atomic E-state index is 0.276. The standard InChI is InChI=1S/C14H19F2NO3S/c1-10-3-2-4-14(8-10,9-18)17-21(19,20)13-6-11(15)5-12(16)7-13/h5-7,10,17-18H,2-4,8-9H2,1H3. The van der Waals surface area contributed by atoms with E-state index in [0.29, 0.717) is 18.9 Å². The Hall–Kier alpha value is -1.05. The van der Waals surface area contributed by atoms with Crippen LogP contribution in [0.25, 0.3) is 0 Å². The summed E-state index contributed by atoms with van der Waals surface area (Å²) >= 11 is 0. The summed E-state index contributed by atoms with van der Waals surface area (Å²) in [5.74, 6) is -1.63. The first kappa shape index (κ1) is 16.3. The molecule has 0 bridgehead atoms. The molecule has 1 aromatic rings. The van der Waals surface area contributed by atoms with Crippen molar-refractivity contribution in [2.45, 2.75) is 43.0 Å². The summed E-state index contributed by atoms with van der Waals surface area (Å²) in [5, 5.41) is 9.60. The second-order valence-electron chi connectivity index (χ2n) is 5.85. The lowest BCUT2D eigenvalue weighted by Crippen LogP contribution is -2.53. The van der Waals surface area contributed by atoms with Crippen LogP contribution in [0.15, 0.2) is 23.1 Å². The maximum absolute atomic E-state index is 13.2. The summed E-state index contributed by atoms with van der Waals surface area (Å²) < 4.78 is 53.5. The molecule has 2 unspecified atom stereocenters. The van der Waals surface area contributed by atoms with Crippen molar-refractivity contribution >= 4 is 10.0 Å². The van der Waals surface area contributed by atoms with Crippen LogP contribution < -0.4 is 4.72 Å². The number of benzene rings is 1. The van der Waals surface area contributed by atoms with Gasteiger partial charge in [-0.3, -0.25) is 0 Å². The van der Waals surface area contributed by atoms with Crippen molar-refractivity contribution in [1.82, 2.24) is 4.72 Å². The van der Waals surface area contributed by atoms with Gasteiger partial charge in [-0.1, -0.05) is 19.8 Å². The van der Waals surface area contributed by atoms with Crippen LogP contribution in [-0.2, 0) is 10.0 Å². The number of halogens is 2. The molecule has 1 aromatic carbocycles. The van der Waals surface area contributed by atoms with Crippen molar-refractivity contribution < 1.29 is 22.3 Å². The molecule has 0 saturated heterocycles. The molecule has 21 heavy (non-hydrogen) atoms. The van der Waals surface area contributed by atoms with Crippen LogP contribution in [0.5, 0.6) is 0 Å². The summed E-state index contributed by atoms with van der Waals surface area (Å²) in [6.07, 6.45) is 2.77. The molecule has 1 saturated carbocycles. The van der Waals surface area contributed by atoms with Gasteiger partial charge in [0.25, 0.3) is 0 Å². The largest absolute Gasteiger partial charge is 0.394 e. The molecule has 0 spiro atoms. The molecule has 0 aromatic heterocycles. The average Bonchev–Trinajstić information content (AvgIpc) is 2.37. The fourth-order valence-electron chi connectivity index (χ4n) is 2.96. The van der Waals surface area contributed by atoms with Crippen molar-refractivity contribution in [3.8, 4) is 0 Å². The van der Waals surface area contributed by atoms with Crippen LogP contribution in [0.2, 0.25) is 0 Å². The topological polar surface area (TPSA) is 66.4 Å². The number of hydrogen-bond acceptors (Lipinski definition) is 3. The van der Waals surface area contributed by atoms with Gasteiger partial charge in [-0.2, -0.15) is 0 Å². The lowest BCUT2D eigenvalue weighted by atomic mass is 9.78. The molecule has 2 rings (SSSR count). The highest BCUT2D eigenvalue weighted by Gasteiger charge is 2.38. The van der Waals surface area contributed by atoms with E-state index < -0.39 is 32.1 Å². The van der Waals surface area contributed by atoms with E-state index in [1.807, 2.05) is 6.92 Å². The number of rotatable bonds is 4. The number of hydrogen-bond donors (Lipinski definition) is 2. The van der Waals surface area contributed by atoms with E-state index in [0.717, 1.165) is 25.0 Å². The predicted molar refractivity (Wildman–Crippen MR) is 74.1 cm³/mol. The Morgan fingerprint density at radius 1 is 1.33 bits per heavy atom. The number of nitrogens with one attached hydrogen (secondary N) is 1. The number of aliphatic hydroxyl groups excluding tert-OH is 1. The summed E-state index contributed by atoms with van der Waals surface area (Å²) in [6, 6.07) is 2.15. The molecule has 1 aliphatic carbocycles. The summed E-state index contributed by atoms with van der Waals surface area (Å²) in [4.78, 5) is -0.467. The van der Waals surface area contributed by atoms with Gasteiger partial charge in [0.05, 0.1) is 17.0 Å². The van der Waals surface area contributed by atoms with Gasteiger partial charge in [0.15, 0.2) is 0 Å². The van der Waals surface area contributed by atoms with E-state index in [-0.39, 0.29) is 12.5 Å². The van der Waals surface area contributed by atoms with Crippen LogP contribution in [0.3, 0.4) is 0 Å². The smallest absolute Gasteiger partial charge is 0.241 e. The van der Waals surface area contributed by atoms with Gasteiger partial charge in [0, 0.05) is 6.07 Å². The van der Waals surface area contributed by atoms with Crippen molar-refractivity contribution in [1.29, 1.82) is 0 Å². The van der Waals surface area contributed by atoms with E-state index >= 15 is 0 Å². The first-order chi connectivity index (χ1) is 9.76. The molecule has 7 heteroatoms. The van der Waals surface area contributed by atoms with Gasteiger partial charge < -0.3 is 5.11 Å². The van der Waals surface area contributed by atoms with Gasteiger partial charge in [-0.25, -0.2) is 21.9 Å². The molecule has 0 heterocycles. The SMILES string of the molecule is CC1CCCC(CO)(NS(=O)(=O)c2cc(F)cc(F)c2)C1. The van der Waals surface area contributed by atoms with Gasteiger partial charge in [-0.05, 0) is 30.9 Å². The fourth-order valence-corrected chi connectivity index (χ4v) is 4.43. The first-order valence-electron chi connectivity index (χ1n) is 6.87. The molecule has 0 radical (unpaired) electrons. The van der Waals surface area contributed by atoms with Crippen LogP contribution in [0, 0.1) is 17.6 Å². The zero-order chi connectivity index (χ0) is 15.7. The molecule has 2 N–H and O–H groups in total. The number of sulfonamides is 1. The van der Waals surface area contributed by atoms with Gasteiger partial charge in [0.2, 0.25) is 10.0 Å². The lowest BCUT2D eigenvalue weighted by molar-refractivity contribution is 0.119. The predicted octanol–water partition coefficient (Wildman–Crippen LogP) is 2.18. The molecule has 1 fully saturated rings. The maximum Gasteiger partial charge on any atom is 0.241 e. The quantitative estimate of drug-likeness (QED) is 0.894. The molecule has 2 atom stereocenters. The van der Waals surface area contributed by atoms with E-state index in [2.05, 4.69) is 4.72 Å². The third-order valence-corrected chi connectivity index (χ3v) is 5.45. The highest BCUT2D eigenvalue weighted by Crippen LogP contribution is 2.33. The monoisotopic (exact) mass is 319 g/mol. The summed E-state index contributed by atoms with van der Waals surface area (Å²) in [5.41, 5.74) is -0.959. The minimum atomic E-state index is -4.09. The van der Waals surface area contributed by atoms with E-state index in [1.165, 1.54) is 0 Å². The zero-order valence-corrected chi connectivity index (χ0v) is 12.6. The Labute approximate surface area is 123 Å². The molecule has 1 aliphatic rings. The lowest BCUT2D eigenvalue weighted by Gasteiger charge is -2.38. The van der Waals surface area contributed by atoms with Gasteiger partial charge in [-0.15, -0.1) is 0 Å². The van der Waals surface area contributed by atoms with Gasteiger partial charge in [0.1, 0.15) is 11.6 Å². The molecular formula is C14H19F2NO3S. The maximum atomic E-state index is 13.2. The van der Waals surface area contributed by atoms with Gasteiger partial charge >= 0.3 is 0 Å². The van der Waals surface area contributed by atoms with Crippen molar-refractivity contribution in [3.63, 3.8) is 0 Å². The first-order valence-corrected chi connectivity index (χ1v) is 8.36. The van der Waals surface area contributed by atoms with Crippen LogP contribution in [-0.4, -0.2) is 25.7 Å². The molecule has 0 aliphatic heterocycles. The Bertz CT molecular complexity index is 600. The molecule has 0 amide bonds. The highest BCUT2D eigenvalue weighted by atomic mass is 32.2.